The van der Waals surface area contributed by atoms with E-state index in [2.05, 4.69) is 9.97 Å². The van der Waals surface area contributed by atoms with Gasteiger partial charge in [0.15, 0.2) is 11.8 Å². The molecule has 0 amide bonds. The van der Waals surface area contributed by atoms with Crippen molar-refractivity contribution < 1.29 is 24.1 Å². The number of hydrogen-bond donors (Lipinski definition) is 2. The van der Waals surface area contributed by atoms with Crippen LogP contribution >= 0.6 is 11.6 Å². The molecule has 1 aliphatic carbocycles. The van der Waals surface area contributed by atoms with Gasteiger partial charge in [-0.2, -0.15) is 4.98 Å². The number of rotatable bonds is 6. The highest BCUT2D eigenvalue weighted by molar-refractivity contribution is 6.33. The number of benzene rings is 2. The third-order valence-electron chi connectivity index (χ3n) is 7.53. The summed E-state index contributed by atoms with van der Waals surface area (Å²) in [6.07, 6.45) is 1.44. The summed E-state index contributed by atoms with van der Waals surface area (Å²) in [4.78, 5) is 23.5. The molecule has 3 aliphatic rings. The molecule has 4 aromatic rings. The van der Waals surface area contributed by atoms with E-state index in [0.29, 0.717) is 41.1 Å². The Labute approximate surface area is 217 Å². The quantitative estimate of drug-likeness (QED) is 0.368. The zero-order valence-electron chi connectivity index (χ0n) is 19.8. The van der Waals surface area contributed by atoms with Crippen molar-refractivity contribution >= 4 is 28.7 Å². The molecule has 188 valence electrons. The van der Waals surface area contributed by atoms with Crippen LogP contribution in [0.3, 0.4) is 0 Å². The SMILES string of the molecule is O=C(O)C1CC1c1ccc(-c2ccc(-c3nc4nc(O[C@@H]5COC6CCOC65)[nH]c4cc3Cl)cc2)cc1. The van der Waals surface area contributed by atoms with E-state index in [1.54, 1.807) is 0 Å². The van der Waals surface area contributed by atoms with E-state index >= 15 is 0 Å². The summed E-state index contributed by atoms with van der Waals surface area (Å²) in [7, 11) is 0. The highest BCUT2D eigenvalue weighted by Gasteiger charge is 2.44. The van der Waals surface area contributed by atoms with Crippen molar-refractivity contribution in [2.75, 3.05) is 13.2 Å². The van der Waals surface area contributed by atoms with Crippen molar-refractivity contribution in [3.05, 3.63) is 65.2 Å². The minimum Gasteiger partial charge on any atom is -0.481 e. The number of carboxylic acids is 1. The van der Waals surface area contributed by atoms with E-state index in [1.165, 1.54) is 0 Å². The zero-order valence-corrected chi connectivity index (χ0v) is 20.5. The number of pyridine rings is 1. The summed E-state index contributed by atoms with van der Waals surface area (Å²) in [5.41, 5.74) is 5.95. The van der Waals surface area contributed by atoms with Crippen LogP contribution < -0.4 is 4.74 Å². The number of carboxylic acid groups (broad SMARTS) is 1. The maximum absolute atomic E-state index is 11.2. The Morgan fingerprint density at radius 3 is 2.49 bits per heavy atom. The third-order valence-corrected chi connectivity index (χ3v) is 7.81. The Morgan fingerprint density at radius 1 is 1.03 bits per heavy atom. The summed E-state index contributed by atoms with van der Waals surface area (Å²) in [6, 6.07) is 18.4. The average Bonchev–Trinajstić information content (AvgIpc) is 3.20. The number of nitrogens with one attached hydrogen (secondary N) is 1. The van der Waals surface area contributed by atoms with Crippen molar-refractivity contribution in [2.24, 2.45) is 5.92 Å². The molecule has 37 heavy (non-hydrogen) atoms. The van der Waals surface area contributed by atoms with Crippen molar-refractivity contribution in [2.45, 2.75) is 37.1 Å². The topological polar surface area (TPSA) is 107 Å². The van der Waals surface area contributed by atoms with E-state index < -0.39 is 5.97 Å². The number of aromatic nitrogens is 3. The molecule has 2 aromatic heterocycles. The highest BCUT2D eigenvalue weighted by atomic mass is 35.5. The fourth-order valence-corrected chi connectivity index (χ4v) is 5.67. The number of nitrogens with zero attached hydrogens (tertiary/aromatic N) is 2. The lowest BCUT2D eigenvalue weighted by Gasteiger charge is -2.15. The number of carbonyl (C=O) groups is 1. The number of aromatic amines is 1. The number of imidazole rings is 1. The first-order valence-corrected chi connectivity index (χ1v) is 12.8. The van der Waals surface area contributed by atoms with E-state index in [-0.39, 0.29) is 30.1 Å². The first-order valence-electron chi connectivity index (χ1n) is 12.4. The lowest BCUT2D eigenvalue weighted by molar-refractivity contribution is -0.138. The van der Waals surface area contributed by atoms with Gasteiger partial charge in [0, 0.05) is 12.2 Å². The van der Waals surface area contributed by atoms with E-state index in [9.17, 15) is 4.79 Å². The second kappa shape index (κ2) is 8.83. The van der Waals surface area contributed by atoms with Gasteiger partial charge in [-0.05, 0) is 41.5 Å². The summed E-state index contributed by atoms with van der Waals surface area (Å²) < 4.78 is 17.6. The molecule has 3 fully saturated rings. The van der Waals surface area contributed by atoms with Crippen LogP contribution in [0.5, 0.6) is 6.01 Å². The smallest absolute Gasteiger partial charge is 0.307 e. The number of hydrogen-bond acceptors (Lipinski definition) is 6. The molecular weight excluding hydrogens is 494 g/mol. The van der Waals surface area contributed by atoms with Crippen LogP contribution in [0.25, 0.3) is 33.5 Å². The lowest BCUT2D eigenvalue weighted by Crippen LogP contribution is -2.32. The first kappa shape index (κ1) is 22.7. The Morgan fingerprint density at radius 2 is 1.76 bits per heavy atom. The van der Waals surface area contributed by atoms with E-state index in [0.717, 1.165) is 35.1 Å². The van der Waals surface area contributed by atoms with Crippen LogP contribution in [0, 0.1) is 5.92 Å². The van der Waals surface area contributed by atoms with Crippen LogP contribution in [-0.2, 0) is 14.3 Å². The minimum absolute atomic E-state index is 0.0644. The predicted molar refractivity (Wildman–Crippen MR) is 137 cm³/mol. The number of H-pyrrole nitrogens is 1. The molecule has 1 saturated carbocycles. The lowest BCUT2D eigenvalue weighted by atomic mass is 10.00. The van der Waals surface area contributed by atoms with Gasteiger partial charge in [0.25, 0.3) is 6.01 Å². The van der Waals surface area contributed by atoms with Crippen LogP contribution in [0.2, 0.25) is 5.02 Å². The average molecular weight is 518 g/mol. The van der Waals surface area contributed by atoms with Crippen LogP contribution in [0.1, 0.15) is 24.3 Å². The molecule has 2 saturated heterocycles. The molecule has 9 heteroatoms. The molecular formula is C28H24ClN3O5. The standard InChI is InChI=1S/C28H24ClN3O5/c29-20-12-21-26(32-28(30-21)37-23-13-36-22-9-10-35-25(22)23)31-24(20)17-7-3-15(4-8-17)14-1-5-16(6-2-14)18-11-19(18)27(33)34/h1-8,12,18-19,22-23,25H,9-11,13H2,(H,33,34)(H,30,31,32)/t18?,19?,22?,23-,25?/m1/s1. The number of ether oxygens (including phenoxy) is 3. The maximum Gasteiger partial charge on any atom is 0.307 e. The van der Waals surface area contributed by atoms with Gasteiger partial charge in [-0.1, -0.05) is 60.1 Å². The van der Waals surface area contributed by atoms with Crippen molar-refractivity contribution in [3.8, 4) is 28.4 Å². The molecule has 4 heterocycles. The number of aliphatic carboxylic acids is 1. The molecule has 7 rings (SSSR count). The van der Waals surface area contributed by atoms with Crippen LogP contribution in [0.4, 0.5) is 0 Å². The molecule has 4 unspecified atom stereocenters. The normalized spacial score (nSPS) is 26.4. The predicted octanol–water partition coefficient (Wildman–Crippen LogP) is 5.07. The van der Waals surface area contributed by atoms with Crippen LogP contribution in [0.15, 0.2) is 54.6 Å². The highest BCUT2D eigenvalue weighted by Crippen LogP contribution is 2.47. The Balaban J connectivity index is 1.09. The van der Waals surface area contributed by atoms with Gasteiger partial charge in [-0.25, -0.2) is 4.98 Å². The van der Waals surface area contributed by atoms with Crippen molar-refractivity contribution in [1.82, 2.24) is 15.0 Å². The third kappa shape index (κ3) is 4.15. The second-order valence-electron chi connectivity index (χ2n) is 9.87. The molecule has 8 nitrogen and oxygen atoms in total. The number of fused-ring (bicyclic) bond motifs is 2. The monoisotopic (exact) mass is 517 g/mol. The maximum atomic E-state index is 11.2. The molecule has 0 bridgehead atoms. The summed E-state index contributed by atoms with van der Waals surface area (Å²) in [5.74, 6) is -0.833. The summed E-state index contributed by atoms with van der Waals surface area (Å²) in [6.45, 7) is 1.16. The van der Waals surface area contributed by atoms with Gasteiger partial charge in [-0.3, -0.25) is 4.79 Å². The van der Waals surface area contributed by atoms with Gasteiger partial charge in [0.05, 0.1) is 34.9 Å². The van der Waals surface area contributed by atoms with E-state index in [1.807, 2.05) is 54.6 Å². The fourth-order valence-electron chi connectivity index (χ4n) is 5.41. The fraction of sp³-hybridized carbons (Fsp3) is 0.321. The molecule has 0 spiro atoms. The largest absolute Gasteiger partial charge is 0.481 e. The summed E-state index contributed by atoms with van der Waals surface area (Å²) in [5, 5.41) is 9.68. The van der Waals surface area contributed by atoms with Crippen molar-refractivity contribution in [1.29, 1.82) is 0 Å². The molecule has 2 N–H and O–H groups in total. The van der Waals surface area contributed by atoms with Gasteiger partial charge in [0.1, 0.15) is 6.10 Å². The van der Waals surface area contributed by atoms with Gasteiger partial charge >= 0.3 is 5.97 Å². The Bertz CT molecular complexity index is 1490. The second-order valence-corrected chi connectivity index (χ2v) is 10.3. The molecule has 2 aliphatic heterocycles. The Hall–Kier alpha value is -3.46. The van der Waals surface area contributed by atoms with Gasteiger partial charge in [-0.15, -0.1) is 0 Å². The summed E-state index contributed by atoms with van der Waals surface area (Å²) >= 11 is 6.60. The number of halogens is 1. The molecule has 5 atom stereocenters. The molecule has 0 radical (unpaired) electrons. The molecule has 2 aromatic carbocycles. The van der Waals surface area contributed by atoms with Crippen LogP contribution in [-0.4, -0.2) is 57.6 Å². The Kier molecular flexibility index (Phi) is 5.42. The van der Waals surface area contributed by atoms with Gasteiger partial charge < -0.3 is 24.3 Å². The van der Waals surface area contributed by atoms with Crippen molar-refractivity contribution in [3.63, 3.8) is 0 Å². The van der Waals surface area contributed by atoms with Gasteiger partial charge in [0.2, 0.25) is 0 Å². The zero-order chi connectivity index (χ0) is 25.1. The van der Waals surface area contributed by atoms with E-state index in [4.69, 9.17) is 35.9 Å². The minimum atomic E-state index is -0.714. The first-order chi connectivity index (χ1) is 18.0.